The second-order valence-electron chi connectivity index (χ2n) is 5.14. The van der Waals surface area contributed by atoms with E-state index < -0.39 is 0 Å². The minimum absolute atomic E-state index is 0.0273. The minimum Gasteiger partial charge on any atom is -0.396 e. The van der Waals surface area contributed by atoms with Gasteiger partial charge < -0.3 is 15.7 Å². The second kappa shape index (κ2) is 7.89. The number of hydrogen-bond donors (Lipinski definition) is 3. The van der Waals surface area contributed by atoms with Crippen LogP contribution in [-0.4, -0.2) is 30.1 Å². The van der Waals surface area contributed by atoms with Crippen molar-refractivity contribution in [3.05, 3.63) is 51.9 Å². The van der Waals surface area contributed by atoms with Crippen LogP contribution in [0.3, 0.4) is 0 Å². The molecule has 2 aromatic rings. The lowest BCUT2D eigenvalue weighted by atomic mass is 10.1. The van der Waals surface area contributed by atoms with Crippen LogP contribution in [0, 0.1) is 13.8 Å². The Labute approximate surface area is 139 Å². The number of aliphatic hydroxyl groups is 1. The molecule has 0 saturated carbocycles. The number of aryl methyl sites for hydroxylation is 1. The molecule has 122 valence electrons. The highest BCUT2D eigenvalue weighted by molar-refractivity contribution is 7.16. The summed E-state index contributed by atoms with van der Waals surface area (Å²) in [7, 11) is 0. The number of nitrogens with one attached hydrogen (secondary N) is 2. The monoisotopic (exact) mass is 332 g/mol. The van der Waals surface area contributed by atoms with Crippen LogP contribution in [-0.2, 0) is 0 Å². The molecule has 1 aromatic carbocycles. The maximum absolute atomic E-state index is 12.4. The Morgan fingerprint density at radius 1 is 1.13 bits per heavy atom. The zero-order valence-corrected chi connectivity index (χ0v) is 14.0. The summed E-state index contributed by atoms with van der Waals surface area (Å²) in [6.45, 7) is 4.21. The molecule has 0 aliphatic carbocycles. The van der Waals surface area contributed by atoms with Crippen molar-refractivity contribution in [2.24, 2.45) is 0 Å². The number of thiophene rings is 1. The van der Waals surface area contributed by atoms with Crippen molar-refractivity contribution in [2.75, 3.05) is 18.5 Å². The van der Waals surface area contributed by atoms with Gasteiger partial charge in [-0.25, -0.2) is 0 Å². The Hall–Kier alpha value is -2.18. The van der Waals surface area contributed by atoms with Crippen LogP contribution in [0.1, 0.15) is 37.6 Å². The molecule has 2 amide bonds. The molecule has 0 aliphatic rings. The number of amides is 2. The Morgan fingerprint density at radius 2 is 1.83 bits per heavy atom. The molecule has 0 radical (unpaired) electrons. The third-order valence-corrected chi connectivity index (χ3v) is 4.62. The average molecular weight is 332 g/mol. The van der Waals surface area contributed by atoms with E-state index in [1.807, 2.05) is 19.9 Å². The molecule has 3 N–H and O–H groups in total. The summed E-state index contributed by atoms with van der Waals surface area (Å²) in [5, 5.41) is 14.9. The molecule has 0 bridgehead atoms. The number of anilines is 1. The van der Waals surface area contributed by atoms with Gasteiger partial charge in [0.2, 0.25) is 0 Å². The number of rotatable bonds is 6. The van der Waals surface area contributed by atoms with Gasteiger partial charge in [-0.15, -0.1) is 11.3 Å². The van der Waals surface area contributed by atoms with Gasteiger partial charge in [0.05, 0.1) is 5.56 Å². The third kappa shape index (κ3) is 4.18. The molecule has 0 fully saturated rings. The van der Waals surface area contributed by atoms with Crippen LogP contribution < -0.4 is 10.6 Å². The van der Waals surface area contributed by atoms with E-state index in [4.69, 9.17) is 5.11 Å². The van der Waals surface area contributed by atoms with Crippen molar-refractivity contribution in [1.29, 1.82) is 0 Å². The number of benzene rings is 1. The Balaban J connectivity index is 2.20. The van der Waals surface area contributed by atoms with Crippen LogP contribution in [0.2, 0.25) is 0 Å². The van der Waals surface area contributed by atoms with E-state index >= 15 is 0 Å². The zero-order chi connectivity index (χ0) is 16.8. The van der Waals surface area contributed by atoms with Crippen molar-refractivity contribution in [1.82, 2.24) is 5.32 Å². The van der Waals surface area contributed by atoms with Gasteiger partial charge in [0, 0.05) is 23.6 Å². The quantitative estimate of drug-likeness (QED) is 0.712. The molecule has 0 saturated heterocycles. The topological polar surface area (TPSA) is 78.4 Å². The maximum Gasteiger partial charge on any atom is 0.256 e. The van der Waals surface area contributed by atoms with Crippen molar-refractivity contribution in [3.63, 3.8) is 0 Å². The lowest BCUT2D eigenvalue weighted by Crippen LogP contribution is -2.26. The lowest BCUT2D eigenvalue weighted by Gasteiger charge is -2.08. The summed E-state index contributed by atoms with van der Waals surface area (Å²) < 4.78 is 0. The van der Waals surface area contributed by atoms with Gasteiger partial charge in [-0.3, -0.25) is 9.59 Å². The molecule has 1 heterocycles. The predicted octanol–water partition coefficient (Wildman–Crippen LogP) is 2.73. The summed E-state index contributed by atoms with van der Waals surface area (Å²) >= 11 is 1.39. The van der Waals surface area contributed by atoms with E-state index in [1.54, 1.807) is 24.3 Å². The highest BCUT2D eigenvalue weighted by atomic mass is 32.1. The largest absolute Gasteiger partial charge is 0.396 e. The fourth-order valence-corrected chi connectivity index (χ4v) is 3.18. The number of carbonyl (C=O) groups is 2. The standard InChI is InChI=1S/C17H20N2O3S/c1-11-12(2)23-17(14(11)16(22)18-9-6-10-20)19-15(21)13-7-4-3-5-8-13/h3-5,7-8,20H,6,9-10H2,1-2H3,(H,18,22)(H,19,21). The van der Waals surface area contributed by atoms with Gasteiger partial charge in [-0.1, -0.05) is 18.2 Å². The van der Waals surface area contributed by atoms with Crippen LogP contribution >= 0.6 is 11.3 Å². The van der Waals surface area contributed by atoms with Crippen LogP contribution in [0.4, 0.5) is 5.00 Å². The first-order valence-electron chi connectivity index (χ1n) is 7.40. The van der Waals surface area contributed by atoms with E-state index in [0.29, 0.717) is 29.1 Å². The number of carbonyl (C=O) groups excluding carboxylic acids is 2. The van der Waals surface area contributed by atoms with E-state index in [0.717, 1.165) is 10.4 Å². The van der Waals surface area contributed by atoms with E-state index in [2.05, 4.69) is 10.6 Å². The van der Waals surface area contributed by atoms with E-state index in [1.165, 1.54) is 11.3 Å². The SMILES string of the molecule is Cc1sc(NC(=O)c2ccccc2)c(C(=O)NCCCO)c1C. The third-order valence-electron chi connectivity index (χ3n) is 3.50. The molecule has 0 spiro atoms. The second-order valence-corrected chi connectivity index (χ2v) is 6.37. The molecule has 0 unspecified atom stereocenters. The van der Waals surface area contributed by atoms with Gasteiger partial charge in [0.1, 0.15) is 5.00 Å². The van der Waals surface area contributed by atoms with Crippen LogP contribution in [0.25, 0.3) is 0 Å². The summed E-state index contributed by atoms with van der Waals surface area (Å²) in [6, 6.07) is 8.88. The van der Waals surface area contributed by atoms with Gasteiger partial charge in [-0.2, -0.15) is 0 Å². The molecule has 0 atom stereocenters. The summed E-state index contributed by atoms with van der Waals surface area (Å²) in [4.78, 5) is 25.6. The Morgan fingerprint density at radius 3 is 2.48 bits per heavy atom. The normalized spacial score (nSPS) is 10.4. The van der Waals surface area contributed by atoms with Crippen molar-refractivity contribution in [3.8, 4) is 0 Å². The molecule has 0 aliphatic heterocycles. The van der Waals surface area contributed by atoms with E-state index in [-0.39, 0.29) is 18.4 Å². The molecule has 2 rings (SSSR count). The highest BCUT2D eigenvalue weighted by Crippen LogP contribution is 2.32. The fourth-order valence-electron chi connectivity index (χ4n) is 2.12. The first-order chi connectivity index (χ1) is 11.0. The Kier molecular flexibility index (Phi) is 5.90. The molecular weight excluding hydrogens is 312 g/mol. The summed E-state index contributed by atoms with van der Waals surface area (Å²) in [5.74, 6) is -0.472. The minimum atomic E-state index is -0.240. The predicted molar refractivity (Wildman–Crippen MR) is 92.2 cm³/mol. The Bertz CT molecular complexity index is 695. The zero-order valence-electron chi connectivity index (χ0n) is 13.2. The first kappa shape index (κ1) is 17.2. The molecule has 23 heavy (non-hydrogen) atoms. The van der Waals surface area contributed by atoms with Gasteiger partial charge in [0.15, 0.2) is 0 Å². The first-order valence-corrected chi connectivity index (χ1v) is 8.21. The summed E-state index contributed by atoms with van der Waals surface area (Å²) in [6.07, 6.45) is 0.500. The van der Waals surface area contributed by atoms with E-state index in [9.17, 15) is 9.59 Å². The molecular formula is C17H20N2O3S. The van der Waals surface area contributed by atoms with Gasteiger partial charge >= 0.3 is 0 Å². The van der Waals surface area contributed by atoms with Gasteiger partial charge in [0.25, 0.3) is 11.8 Å². The molecule has 6 heteroatoms. The molecule has 1 aromatic heterocycles. The van der Waals surface area contributed by atoms with Crippen molar-refractivity contribution >= 4 is 28.2 Å². The average Bonchev–Trinajstić information content (AvgIpc) is 2.82. The van der Waals surface area contributed by atoms with Crippen molar-refractivity contribution < 1.29 is 14.7 Å². The fraction of sp³-hybridized carbons (Fsp3) is 0.294. The molecule has 5 nitrogen and oxygen atoms in total. The highest BCUT2D eigenvalue weighted by Gasteiger charge is 2.21. The number of aliphatic hydroxyl groups excluding tert-OH is 1. The maximum atomic E-state index is 12.4. The smallest absolute Gasteiger partial charge is 0.256 e. The van der Waals surface area contributed by atoms with Crippen molar-refractivity contribution in [2.45, 2.75) is 20.3 Å². The lowest BCUT2D eigenvalue weighted by molar-refractivity contribution is 0.0952. The summed E-state index contributed by atoms with van der Waals surface area (Å²) in [5.41, 5.74) is 1.90. The van der Waals surface area contributed by atoms with Crippen LogP contribution in [0.15, 0.2) is 30.3 Å². The number of hydrogen-bond acceptors (Lipinski definition) is 4. The van der Waals surface area contributed by atoms with Gasteiger partial charge in [-0.05, 0) is 38.0 Å². The van der Waals surface area contributed by atoms with Crippen LogP contribution in [0.5, 0.6) is 0 Å².